The number of cyclic esters (lactones) is 1. The summed E-state index contributed by atoms with van der Waals surface area (Å²) >= 11 is 0. The molecule has 1 N–H and O–H groups in total. The number of aliphatic carboxylic acids is 1. The summed E-state index contributed by atoms with van der Waals surface area (Å²) in [6.45, 7) is 0.440. The third kappa shape index (κ3) is 1.74. The molecule has 1 unspecified atom stereocenters. The Kier molecular flexibility index (Phi) is 1.86. The smallest absolute Gasteiger partial charge is 0.410 e. The van der Waals surface area contributed by atoms with Crippen LogP contribution in [0.15, 0.2) is 0 Å². The molecule has 1 amide bonds. The second-order valence-electron chi connectivity index (χ2n) is 3.49. The van der Waals surface area contributed by atoms with Gasteiger partial charge in [-0.3, -0.25) is 4.79 Å². The Hall–Kier alpha value is -1.26. The molecule has 5 heteroatoms. The molecule has 2 fully saturated rings. The number of hydrogen-bond acceptors (Lipinski definition) is 3. The minimum absolute atomic E-state index is 0.0883. The average Bonchev–Trinajstić information content (AvgIpc) is 2.77. The highest BCUT2D eigenvalue weighted by atomic mass is 16.6. The molecule has 2 rings (SSSR count). The summed E-state index contributed by atoms with van der Waals surface area (Å²) in [6, 6.07) is 0.311. The van der Waals surface area contributed by atoms with Crippen molar-refractivity contribution in [2.45, 2.75) is 31.4 Å². The summed E-state index contributed by atoms with van der Waals surface area (Å²) in [6.07, 6.45) is 1.15. The number of carboxylic acids is 1. The molecule has 1 saturated heterocycles. The first kappa shape index (κ1) is 8.34. The van der Waals surface area contributed by atoms with Crippen molar-refractivity contribution in [1.82, 2.24) is 4.90 Å². The topological polar surface area (TPSA) is 66.8 Å². The maximum atomic E-state index is 11.2. The molecule has 0 aromatic heterocycles. The van der Waals surface area contributed by atoms with E-state index in [2.05, 4.69) is 0 Å². The predicted molar refractivity (Wildman–Crippen MR) is 42.2 cm³/mol. The van der Waals surface area contributed by atoms with Crippen LogP contribution in [0.25, 0.3) is 0 Å². The van der Waals surface area contributed by atoms with Crippen molar-refractivity contribution in [3.8, 4) is 0 Å². The van der Waals surface area contributed by atoms with Gasteiger partial charge in [0.1, 0.15) is 6.10 Å². The van der Waals surface area contributed by atoms with Crippen LogP contribution < -0.4 is 0 Å². The van der Waals surface area contributed by atoms with Crippen LogP contribution in [0, 0.1) is 0 Å². The summed E-state index contributed by atoms with van der Waals surface area (Å²) in [5.74, 6) is -0.921. The largest absolute Gasteiger partial charge is 0.481 e. The van der Waals surface area contributed by atoms with E-state index in [0.29, 0.717) is 12.6 Å². The van der Waals surface area contributed by atoms with Gasteiger partial charge in [-0.25, -0.2) is 4.79 Å². The van der Waals surface area contributed by atoms with Crippen LogP contribution in [0.1, 0.15) is 19.3 Å². The minimum atomic E-state index is -0.921. The van der Waals surface area contributed by atoms with E-state index < -0.39 is 12.1 Å². The van der Waals surface area contributed by atoms with Gasteiger partial charge in [0.05, 0.1) is 13.0 Å². The fourth-order valence-electron chi connectivity index (χ4n) is 1.53. The van der Waals surface area contributed by atoms with E-state index in [4.69, 9.17) is 9.84 Å². The zero-order chi connectivity index (χ0) is 9.42. The fourth-order valence-corrected chi connectivity index (χ4v) is 1.53. The highest BCUT2D eigenvalue weighted by Gasteiger charge is 2.41. The first-order chi connectivity index (χ1) is 6.16. The predicted octanol–water partition coefficient (Wildman–Crippen LogP) is 0.444. The molecule has 1 aliphatic heterocycles. The molecule has 1 heterocycles. The van der Waals surface area contributed by atoms with Crippen molar-refractivity contribution in [3.05, 3.63) is 0 Å². The van der Waals surface area contributed by atoms with Gasteiger partial charge in [-0.2, -0.15) is 0 Å². The van der Waals surface area contributed by atoms with Crippen LogP contribution in [0.3, 0.4) is 0 Å². The molecule has 72 valence electrons. The van der Waals surface area contributed by atoms with Crippen LogP contribution in [0.5, 0.6) is 0 Å². The van der Waals surface area contributed by atoms with E-state index in [1.807, 2.05) is 0 Å². The first-order valence-corrected chi connectivity index (χ1v) is 4.36. The van der Waals surface area contributed by atoms with E-state index in [0.717, 1.165) is 12.8 Å². The Labute approximate surface area is 75.3 Å². The van der Waals surface area contributed by atoms with E-state index >= 15 is 0 Å². The fraction of sp³-hybridized carbons (Fsp3) is 0.750. The van der Waals surface area contributed by atoms with Gasteiger partial charge in [0.25, 0.3) is 0 Å². The standard InChI is InChI=1S/C8H11NO4/c10-7(11)3-6-4-9(5-1-2-5)8(12)13-6/h5-6H,1-4H2,(H,10,11). The van der Waals surface area contributed by atoms with Crippen LogP contribution >= 0.6 is 0 Å². The molecule has 1 saturated carbocycles. The Morgan fingerprint density at radius 2 is 2.31 bits per heavy atom. The van der Waals surface area contributed by atoms with E-state index in [1.165, 1.54) is 0 Å². The quantitative estimate of drug-likeness (QED) is 0.693. The number of carbonyl (C=O) groups is 2. The molecular weight excluding hydrogens is 174 g/mol. The zero-order valence-electron chi connectivity index (χ0n) is 7.10. The summed E-state index contributed by atoms with van der Waals surface area (Å²) in [5.41, 5.74) is 0. The monoisotopic (exact) mass is 185 g/mol. The first-order valence-electron chi connectivity index (χ1n) is 4.36. The lowest BCUT2D eigenvalue weighted by atomic mass is 10.2. The number of rotatable bonds is 3. The third-order valence-electron chi connectivity index (χ3n) is 2.29. The van der Waals surface area contributed by atoms with Crippen LogP contribution in [-0.2, 0) is 9.53 Å². The number of nitrogens with zero attached hydrogens (tertiary/aromatic N) is 1. The molecule has 0 aromatic carbocycles. The van der Waals surface area contributed by atoms with Crippen molar-refractivity contribution >= 4 is 12.1 Å². The number of hydrogen-bond donors (Lipinski definition) is 1. The van der Waals surface area contributed by atoms with E-state index in [9.17, 15) is 9.59 Å². The second-order valence-corrected chi connectivity index (χ2v) is 3.49. The Bertz CT molecular complexity index is 249. The van der Waals surface area contributed by atoms with Crippen LogP contribution in [-0.4, -0.2) is 40.8 Å². The number of carboxylic acid groups (broad SMARTS) is 1. The maximum absolute atomic E-state index is 11.2. The van der Waals surface area contributed by atoms with Gasteiger partial charge in [0.15, 0.2) is 0 Å². The SMILES string of the molecule is O=C(O)CC1CN(C2CC2)C(=O)O1. The Balaban J connectivity index is 1.90. The highest BCUT2D eigenvalue weighted by Crippen LogP contribution is 2.31. The van der Waals surface area contributed by atoms with Crippen molar-refractivity contribution < 1.29 is 19.4 Å². The molecular formula is C8H11NO4. The van der Waals surface area contributed by atoms with Gasteiger partial charge < -0.3 is 14.7 Å². The summed E-state index contributed by atoms with van der Waals surface area (Å²) < 4.78 is 4.89. The van der Waals surface area contributed by atoms with Gasteiger partial charge in [0, 0.05) is 6.04 Å². The lowest BCUT2D eigenvalue weighted by molar-refractivity contribution is -0.138. The summed E-state index contributed by atoms with van der Waals surface area (Å²) in [7, 11) is 0. The van der Waals surface area contributed by atoms with Crippen molar-refractivity contribution in [1.29, 1.82) is 0 Å². The molecule has 5 nitrogen and oxygen atoms in total. The van der Waals surface area contributed by atoms with Gasteiger partial charge >= 0.3 is 12.1 Å². The number of ether oxygens (including phenoxy) is 1. The van der Waals surface area contributed by atoms with Gasteiger partial charge in [-0.15, -0.1) is 0 Å². The van der Waals surface area contributed by atoms with Gasteiger partial charge in [-0.05, 0) is 12.8 Å². The molecule has 1 aliphatic carbocycles. The lowest BCUT2D eigenvalue weighted by Crippen LogP contribution is -2.27. The van der Waals surface area contributed by atoms with Crippen molar-refractivity contribution in [2.75, 3.05) is 6.54 Å². The molecule has 2 aliphatic rings. The summed E-state index contributed by atoms with van der Waals surface area (Å²) in [4.78, 5) is 23.1. The van der Waals surface area contributed by atoms with Gasteiger partial charge in [-0.1, -0.05) is 0 Å². The molecule has 0 bridgehead atoms. The molecule has 0 spiro atoms. The molecule has 1 atom stereocenters. The van der Waals surface area contributed by atoms with Crippen LogP contribution in [0.4, 0.5) is 4.79 Å². The normalized spacial score (nSPS) is 27.5. The molecule has 13 heavy (non-hydrogen) atoms. The number of amides is 1. The average molecular weight is 185 g/mol. The Morgan fingerprint density at radius 3 is 2.85 bits per heavy atom. The molecule has 0 aromatic rings. The summed E-state index contributed by atoms with van der Waals surface area (Å²) in [5, 5.41) is 8.49. The van der Waals surface area contributed by atoms with Crippen LogP contribution in [0.2, 0.25) is 0 Å². The minimum Gasteiger partial charge on any atom is -0.481 e. The second kappa shape index (κ2) is 2.90. The van der Waals surface area contributed by atoms with Crippen molar-refractivity contribution in [2.24, 2.45) is 0 Å². The highest BCUT2D eigenvalue weighted by molar-refractivity contribution is 5.73. The third-order valence-corrected chi connectivity index (χ3v) is 2.29. The zero-order valence-corrected chi connectivity index (χ0v) is 7.10. The van der Waals surface area contributed by atoms with E-state index in [-0.39, 0.29) is 12.5 Å². The Morgan fingerprint density at radius 1 is 1.62 bits per heavy atom. The number of carbonyl (C=O) groups excluding carboxylic acids is 1. The van der Waals surface area contributed by atoms with Crippen molar-refractivity contribution in [3.63, 3.8) is 0 Å². The van der Waals surface area contributed by atoms with Gasteiger partial charge in [0.2, 0.25) is 0 Å². The maximum Gasteiger partial charge on any atom is 0.410 e. The van der Waals surface area contributed by atoms with E-state index in [1.54, 1.807) is 4.90 Å². The molecule has 0 radical (unpaired) electrons. The lowest BCUT2D eigenvalue weighted by Gasteiger charge is -2.09.